The van der Waals surface area contributed by atoms with E-state index in [9.17, 15) is 34.5 Å². The Morgan fingerprint density at radius 1 is 0.829 bits per heavy atom. The van der Waals surface area contributed by atoms with Crippen molar-refractivity contribution in [1.82, 2.24) is 16.0 Å². The summed E-state index contributed by atoms with van der Waals surface area (Å²) in [6.07, 6.45) is -1.00. The highest BCUT2D eigenvalue weighted by Crippen LogP contribution is 2.04. The van der Waals surface area contributed by atoms with Gasteiger partial charge in [-0.15, -0.1) is 0 Å². The lowest BCUT2D eigenvalue weighted by atomic mass is 10.1. The van der Waals surface area contributed by atoms with Gasteiger partial charge in [0, 0.05) is 6.54 Å². The van der Waals surface area contributed by atoms with Crippen LogP contribution in [0, 0.1) is 0 Å². The van der Waals surface area contributed by atoms with Crippen LogP contribution in [0.2, 0.25) is 0 Å². The van der Waals surface area contributed by atoms with E-state index in [0.717, 1.165) is 0 Å². The lowest BCUT2D eigenvalue weighted by Gasteiger charge is -2.27. The number of guanidine groups is 1. The van der Waals surface area contributed by atoms with Crippen LogP contribution in [0.1, 0.15) is 46.0 Å². The number of aliphatic hydroxyl groups is 2. The second kappa shape index (κ2) is 16.6. The molecule has 0 saturated carbocycles. The first-order chi connectivity index (χ1) is 16.3. The molecule has 0 bridgehead atoms. The lowest BCUT2D eigenvalue weighted by molar-refractivity contribution is -0.143. The number of hydrogen-bond acceptors (Lipinski definition) is 9. The van der Waals surface area contributed by atoms with E-state index in [-0.39, 0.29) is 25.3 Å². The van der Waals surface area contributed by atoms with Gasteiger partial charge in [0.2, 0.25) is 17.7 Å². The number of rotatable bonds is 17. The number of nitrogens with zero attached hydrogens (tertiary/aromatic N) is 1. The van der Waals surface area contributed by atoms with Gasteiger partial charge in [0.25, 0.3) is 0 Å². The average Bonchev–Trinajstić information content (AvgIpc) is 2.76. The maximum Gasteiger partial charge on any atom is 0.326 e. The van der Waals surface area contributed by atoms with E-state index in [4.69, 9.17) is 22.9 Å². The maximum atomic E-state index is 12.7. The highest BCUT2D eigenvalue weighted by atomic mass is 16.4. The van der Waals surface area contributed by atoms with Gasteiger partial charge in [-0.25, -0.2) is 4.79 Å². The van der Waals surface area contributed by atoms with Gasteiger partial charge in [-0.05, 0) is 46.1 Å². The van der Waals surface area contributed by atoms with E-state index in [1.807, 2.05) is 0 Å². The smallest absolute Gasteiger partial charge is 0.326 e. The summed E-state index contributed by atoms with van der Waals surface area (Å²) in [5.74, 6) is -4.13. The standard InChI is InChI=1S/C20H40N8O7/c1-10(29)14(17(32)26-13(19(34)35)7-5-9-25-20(23)24)28-18(33)15(11(2)30)27-16(31)12(22)6-3-4-8-21/h10-15,29-30H,3-9,21-22H2,1-2H3,(H,26,32)(H,27,31)(H,28,33)(H,34,35)(H4,23,24,25). The van der Waals surface area contributed by atoms with Crippen molar-refractivity contribution in [3.05, 3.63) is 0 Å². The van der Waals surface area contributed by atoms with E-state index in [1.165, 1.54) is 13.8 Å². The van der Waals surface area contributed by atoms with Crippen molar-refractivity contribution in [1.29, 1.82) is 0 Å². The zero-order chi connectivity index (χ0) is 27.1. The third-order valence-electron chi connectivity index (χ3n) is 4.99. The Labute approximate surface area is 204 Å². The monoisotopic (exact) mass is 504 g/mol. The van der Waals surface area contributed by atoms with Crippen LogP contribution in [0.25, 0.3) is 0 Å². The van der Waals surface area contributed by atoms with Gasteiger partial charge in [0.05, 0.1) is 18.2 Å². The molecule has 0 aromatic heterocycles. The fourth-order valence-electron chi connectivity index (χ4n) is 2.98. The molecule has 0 fully saturated rings. The Morgan fingerprint density at radius 2 is 1.34 bits per heavy atom. The SMILES string of the molecule is CC(O)C(NC(=O)C(N)CCCCN)C(=O)NC(C(=O)NC(CCCN=C(N)N)C(=O)O)C(C)O. The number of carboxylic acid groups (broad SMARTS) is 1. The van der Waals surface area contributed by atoms with Crippen molar-refractivity contribution < 1.29 is 34.5 Å². The maximum absolute atomic E-state index is 12.7. The molecule has 0 radical (unpaired) electrons. The molecule has 202 valence electrons. The number of carbonyl (C=O) groups is 4. The normalized spacial score (nSPS) is 16.1. The third kappa shape index (κ3) is 12.9. The van der Waals surface area contributed by atoms with Crippen molar-refractivity contribution in [2.24, 2.45) is 27.9 Å². The van der Waals surface area contributed by atoms with Crippen LogP contribution < -0.4 is 38.9 Å². The molecule has 0 aliphatic heterocycles. The molecule has 3 amide bonds. The summed E-state index contributed by atoms with van der Waals surface area (Å²) >= 11 is 0. The van der Waals surface area contributed by atoms with E-state index < -0.39 is 60.1 Å². The second-order valence-electron chi connectivity index (χ2n) is 8.19. The molecule has 0 rings (SSSR count). The molecule has 0 saturated heterocycles. The molecular formula is C20H40N8O7. The van der Waals surface area contributed by atoms with Crippen LogP contribution in [0.3, 0.4) is 0 Å². The number of hydrogen-bond donors (Lipinski definition) is 10. The fraction of sp³-hybridized carbons (Fsp3) is 0.750. The zero-order valence-electron chi connectivity index (χ0n) is 20.1. The second-order valence-corrected chi connectivity index (χ2v) is 8.19. The molecule has 0 aromatic carbocycles. The molecule has 0 aliphatic carbocycles. The first-order valence-corrected chi connectivity index (χ1v) is 11.3. The van der Waals surface area contributed by atoms with Crippen molar-refractivity contribution >= 4 is 29.7 Å². The quantitative estimate of drug-likeness (QED) is 0.0514. The summed E-state index contributed by atoms with van der Waals surface area (Å²) < 4.78 is 0. The summed E-state index contributed by atoms with van der Waals surface area (Å²) in [6, 6.07) is -5.33. The number of aliphatic carboxylic acids is 1. The van der Waals surface area contributed by atoms with Gasteiger partial charge < -0.3 is 54.2 Å². The topological polar surface area (TPSA) is 282 Å². The number of nitrogens with one attached hydrogen (secondary N) is 3. The Balaban J connectivity index is 5.23. The van der Waals surface area contributed by atoms with Gasteiger partial charge in [-0.1, -0.05) is 6.42 Å². The van der Waals surface area contributed by atoms with Crippen LogP contribution >= 0.6 is 0 Å². The van der Waals surface area contributed by atoms with Crippen molar-refractivity contribution in [3.8, 4) is 0 Å². The van der Waals surface area contributed by atoms with Gasteiger partial charge in [0.15, 0.2) is 5.96 Å². The molecule has 15 heteroatoms. The highest BCUT2D eigenvalue weighted by Gasteiger charge is 2.34. The van der Waals surface area contributed by atoms with Crippen LogP contribution in [0.4, 0.5) is 0 Å². The molecule has 35 heavy (non-hydrogen) atoms. The van der Waals surface area contributed by atoms with E-state index in [2.05, 4.69) is 20.9 Å². The summed E-state index contributed by atoms with van der Waals surface area (Å²) in [4.78, 5) is 52.9. The van der Waals surface area contributed by atoms with Crippen molar-refractivity contribution in [2.45, 2.75) is 82.3 Å². The molecule has 14 N–H and O–H groups in total. The van der Waals surface area contributed by atoms with Crippen molar-refractivity contribution in [2.75, 3.05) is 13.1 Å². The minimum absolute atomic E-state index is 0.0211. The zero-order valence-corrected chi connectivity index (χ0v) is 20.1. The lowest BCUT2D eigenvalue weighted by Crippen LogP contribution is -2.61. The minimum atomic E-state index is -1.57. The molecule has 0 spiro atoms. The van der Waals surface area contributed by atoms with Gasteiger partial charge in [0.1, 0.15) is 18.1 Å². The molecule has 6 atom stereocenters. The number of unbranched alkanes of at least 4 members (excludes halogenated alkanes) is 1. The molecule has 0 aliphatic rings. The van der Waals surface area contributed by atoms with Crippen LogP contribution in [-0.4, -0.2) is 94.4 Å². The fourth-order valence-corrected chi connectivity index (χ4v) is 2.98. The van der Waals surface area contributed by atoms with Gasteiger partial charge in [-0.3, -0.25) is 19.4 Å². The Bertz CT molecular complexity index is 728. The third-order valence-corrected chi connectivity index (χ3v) is 4.99. The largest absolute Gasteiger partial charge is 0.480 e. The van der Waals surface area contributed by atoms with E-state index in [1.54, 1.807) is 0 Å². The number of nitrogens with two attached hydrogens (primary N) is 4. The Hall–Kier alpha value is -3.01. The van der Waals surface area contributed by atoms with Crippen LogP contribution in [-0.2, 0) is 19.2 Å². The predicted octanol–water partition coefficient (Wildman–Crippen LogP) is -4.20. The Morgan fingerprint density at radius 3 is 1.80 bits per heavy atom. The number of carbonyl (C=O) groups excluding carboxylic acids is 3. The van der Waals surface area contributed by atoms with Gasteiger partial charge >= 0.3 is 5.97 Å². The van der Waals surface area contributed by atoms with Crippen molar-refractivity contribution in [3.63, 3.8) is 0 Å². The minimum Gasteiger partial charge on any atom is -0.480 e. The van der Waals surface area contributed by atoms with Gasteiger partial charge in [-0.2, -0.15) is 0 Å². The number of aliphatic hydroxyl groups excluding tert-OH is 2. The molecule has 6 unspecified atom stereocenters. The number of amides is 3. The molecule has 0 heterocycles. The predicted molar refractivity (Wildman–Crippen MR) is 128 cm³/mol. The van der Waals surface area contributed by atoms with E-state index in [0.29, 0.717) is 25.8 Å². The average molecular weight is 505 g/mol. The first kappa shape index (κ1) is 32.0. The summed E-state index contributed by atoms with van der Waals surface area (Å²) in [7, 11) is 0. The summed E-state index contributed by atoms with van der Waals surface area (Å²) in [6.45, 7) is 3.04. The van der Waals surface area contributed by atoms with Crippen LogP contribution in [0.15, 0.2) is 4.99 Å². The summed E-state index contributed by atoms with van der Waals surface area (Å²) in [5, 5.41) is 36.2. The van der Waals surface area contributed by atoms with E-state index >= 15 is 0 Å². The first-order valence-electron chi connectivity index (χ1n) is 11.3. The molecule has 0 aromatic rings. The summed E-state index contributed by atoms with van der Waals surface area (Å²) in [5.41, 5.74) is 21.6. The highest BCUT2D eigenvalue weighted by molar-refractivity contribution is 5.94. The number of carboxylic acids is 1. The molecule has 15 nitrogen and oxygen atoms in total. The molecular weight excluding hydrogens is 464 g/mol. The number of aliphatic imine (C=N–C) groups is 1. The Kier molecular flexibility index (Phi) is 15.2. The van der Waals surface area contributed by atoms with Crippen LogP contribution in [0.5, 0.6) is 0 Å².